The zero-order valence-corrected chi connectivity index (χ0v) is 6.92. The van der Waals surface area contributed by atoms with Crippen molar-refractivity contribution in [3.8, 4) is 0 Å². The van der Waals surface area contributed by atoms with Gasteiger partial charge in [-0.25, -0.2) is 0 Å². The zero-order chi connectivity index (χ0) is 8.27. The van der Waals surface area contributed by atoms with Crippen LogP contribution in [0.2, 0.25) is 0 Å². The van der Waals surface area contributed by atoms with Crippen molar-refractivity contribution in [3.05, 3.63) is 0 Å². The minimum Gasteiger partial charge on any atom is -0.396 e. The number of hydrogen-bond acceptors (Lipinski definition) is 2. The van der Waals surface area contributed by atoms with Crippen molar-refractivity contribution in [3.63, 3.8) is 0 Å². The lowest BCUT2D eigenvalue weighted by Crippen LogP contribution is -2.22. The maximum atomic E-state index is 11.3. The minimum atomic E-state index is 0.187. The standard InChI is InChI=1S/C8H15NO2/c1-9-5-4-7(8(9)11)3-2-6-10/h7,10H,2-6H2,1H3. The Morgan fingerprint density at radius 1 is 1.73 bits per heavy atom. The van der Waals surface area contributed by atoms with Gasteiger partial charge in [-0.2, -0.15) is 0 Å². The van der Waals surface area contributed by atoms with Gasteiger partial charge in [0.15, 0.2) is 0 Å². The van der Waals surface area contributed by atoms with Crippen LogP contribution < -0.4 is 0 Å². The summed E-state index contributed by atoms with van der Waals surface area (Å²) in [4.78, 5) is 13.0. The Labute approximate surface area is 67.0 Å². The summed E-state index contributed by atoms with van der Waals surface area (Å²) < 4.78 is 0. The van der Waals surface area contributed by atoms with E-state index in [0.29, 0.717) is 0 Å². The topological polar surface area (TPSA) is 40.5 Å². The summed E-state index contributed by atoms with van der Waals surface area (Å²) in [6.07, 6.45) is 2.57. The van der Waals surface area contributed by atoms with Crippen molar-refractivity contribution < 1.29 is 9.90 Å². The summed E-state index contributed by atoms with van der Waals surface area (Å²) in [5.74, 6) is 0.436. The molecule has 1 aliphatic rings. The Morgan fingerprint density at radius 2 is 2.45 bits per heavy atom. The molecule has 0 saturated carbocycles. The Morgan fingerprint density at radius 3 is 2.91 bits per heavy atom. The molecule has 1 atom stereocenters. The lowest BCUT2D eigenvalue weighted by Gasteiger charge is -2.08. The average Bonchev–Trinajstić information content (AvgIpc) is 2.31. The normalized spacial score (nSPS) is 24.7. The molecule has 1 aliphatic heterocycles. The van der Waals surface area contributed by atoms with Crippen molar-refractivity contribution in [1.29, 1.82) is 0 Å². The van der Waals surface area contributed by atoms with Gasteiger partial charge in [0, 0.05) is 26.1 Å². The zero-order valence-electron chi connectivity index (χ0n) is 6.92. The second-order valence-corrected chi connectivity index (χ2v) is 3.11. The number of hydrogen-bond donors (Lipinski definition) is 1. The van der Waals surface area contributed by atoms with Crippen LogP contribution in [0, 0.1) is 5.92 Å². The van der Waals surface area contributed by atoms with Crippen LogP contribution in [0.3, 0.4) is 0 Å². The van der Waals surface area contributed by atoms with E-state index in [-0.39, 0.29) is 18.4 Å². The molecule has 1 unspecified atom stereocenters. The molecule has 0 aromatic rings. The van der Waals surface area contributed by atoms with E-state index < -0.39 is 0 Å². The van der Waals surface area contributed by atoms with Gasteiger partial charge >= 0.3 is 0 Å². The van der Waals surface area contributed by atoms with Gasteiger partial charge in [-0.1, -0.05) is 0 Å². The lowest BCUT2D eigenvalue weighted by atomic mass is 10.0. The second-order valence-electron chi connectivity index (χ2n) is 3.11. The fraction of sp³-hybridized carbons (Fsp3) is 0.875. The summed E-state index contributed by atoms with van der Waals surface area (Å²) in [5, 5.41) is 8.55. The van der Waals surface area contributed by atoms with Crippen molar-refractivity contribution >= 4 is 5.91 Å². The molecule has 1 N–H and O–H groups in total. The average molecular weight is 157 g/mol. The van der Waals surface area contributed by atoms with E-state index in [0.717, 1.165) is 25.8 Å². The highest BCUT2D eigenvalue weighted by molar-refractivity contribution is 5.80. The highest BCUT2D eigenvalue weighted by Gasteiger charge is 2.27. The van der Waals surface area contributed by atoms with Gasteiger partial charge in [0.25, 0.3) is 0 Å². The molecule has 0 radical (unpaired) electrons. The van der Waals surface area contributed by atoms with Crippen LogP contribution in [0.1, 0.15) is 19.3 Å². The van der Waals surface area contributed by atoms with Gasteiger partial charge in [-0.15, -0.1) is 0 Å². The molecule has 0 aliphatic carbocycles. The first-order chi connectivity index (χ1) is 5.25. The predicted molar refractivity (Wildman–Crippen MR) is 42.1 cm³/mol. The molecule has 1 fully saturated rings. The van der Waals surface area contributed by atoms with E-state index in [1.807, 2.05) is 7.05 Å². The van der Waals surface area contributed by atoms with Crippen LogP contribution in [0.15, 0.2) is 0 Å². The van der Waals surface area contributed by atoms with E-state index in [1.165, 1.54) is 0 Å². The maximum absolute atomic E-state index is 11.3. The molecule has 64 valence electrons. The molecule has 1 saturated heterocycles. The van der Waals surface area contributed by atoms with Gasteiger partial charge in [0.1, 0.15) is 0 Å². The Kier molecular flexibility index (Phi) is 2.88. The quantitative estimate of drug-likeness (QED) is 0.637. The summed E-state index contributed by atoms with van der Waals surface area (Å²) in [6.45, 7) is 1.09. The number of carbonyl (C=O) groups excluding carboxylic acids is 1. The summed E-state index contributed by atoms with van der Waals surface area (Å²) in [5.41, 5.74) is 0. The third-order valence-corrected chi connectivity index (χ3v) is 2.25. The van der Waals surface area contributed by atoms with E-state index >= 15 is 0 Å². The van der Waals surface area contributed by atoms with Crippen LogP contribution in [0.4, 0.5) is 0 Å². The molecular formula is C8H15NO2. The first-order valence-electron chi connectivity index (χ1n) is 4.11. The number of nitrogens with zero attached hydrogens (tertiary/aromatic N) is 1. The number of aliphatic hydroxyl groups excluding tert-OH is 1. The van der Waals surface area contributed by atoms with Crippen LogP contribution in [-0.2, 0) is 4.79 Å². The van der Waals surface area contributed by atoms with Gasteiger partial charge in [-0.05, 0) is 19.3 Å². The summed E-state index contributed by atoms with van der Waals surface area (Å²) in [7, 11) is 1.83. The third kappa shape index (κ3) is 1.93. The van der Waals surface area contributed by atoms with E-state index in [4.69, 9.17) is 5.11 Å². The highest BCUT2D eigenvalue weighted by atomic mass is 16.3. The summed E-state index contributed by atoms with van der Waals surface area (Å²) in [6, 6.07) is 0. The molecule has 0 aromatic heterocycles. The van der Waals surface area contributed by atoms with Gasteiger partial charge in [-0.3, -0.25) is 4.79 Å². The van der Waals surface area contributed by atoms with E-state index in [2.05, 4.69) is 0 Å². The number of amides is 1. The molecule has 1 amide bonds. The first kappa shape index (κ1) is 8.53. The van der Waals surface area contributed by atoms with Gasteiger partial charge in [0.2, 0.25) is 5.91 Å². The maximum Gasteiger partial charge on any atom is 0.225 e. The Bertz CT molecular complexity index is 147. The molecule has 0 spiro atoms. The van der Waals surface area contributed by atoms with Gasteiger partial charge in [0.05, 0.1) is 0 Å². The van der Waals surface area contributed by atoms with E-state index in [9.17, 15) is 4.79 Å². The summed E-state index contributed by atoms with van der Waals surface area (Å²) >= 11 is 0. The van der Waals surface area contributed by atoms with Crippen molar-refractivity contribution in [2.75, 3.05) is 20.2 Å². The van der Waals surface area contributed by atoms with Crippen LogP contribution in [0.25, 0.3) is 0 Å². The molecule has 0 bridgehead atoms. The molecule has 3 nitrogen and oxygen atoms in total. The molecule has 3 heteroatoms. The van der Waals surface area contributed by atoms with Crippen molar-refractivity contribution in [1.82, 2.24) is 4.90 Å². The molecular weight excluding hydrogens is 142 g/mol. The fourth-order valence-electron chi connectivity index (χ4n) is 1.50. The highest BCUT2D eigenvalue weighted by Crippen LogP contribution is 2.20. The predicted octanol–water partition coefficient (Wildman–Crippen LogP) is 0.237. The minimum absolute atomic E-state index is 0.187. The number of carbonyl (C=O) groups is 1. The van der Waals surface area contributed by atoms with Crippen LogP contribution in [-0.4, -0.2) is 36.1 Å². The third-order valence-electron chi connectivity index (χ3n) is 2.25. The fourth-order valence-corrected chi connectivity index (χ4v) is 1.50. The molecule has 0 aromatic carbocycles. The van der Waals surface area contributed by atoms with Crippen molar-refractivity contribution in [2.24, 2.45) is 5.92 Å². The molecule has 1 rings (SSSR count). The SMILES string of the molecule is CN1CCC(CCCO)C1=O. The van der Waals surface area contributed by atoms with Gasteiger partial charge < -0.3 is 10.0 Å². The number of aliphatic hydroxyl groups is 1. The number of rotatable bonds is 3. The second kappa shape index (κ2) is 3.72. The first-order valence-corrected chi connectivity index (χ1v) is 4.11. The van der Waals surface area contributed by atoms with Crippen LogP contribution in [0.5, 0.6) is 0 Å². The van der Waals surface area contributed by atoms with E-state index in [1.54, 1.807) is 4.90 Å². The Balaban J connectivity index is 2.30. The number of likely N-dealkylation sites (tertiary alicyclic amines) is 1. The Hall–Kier alpha value is -0.570. The van der Waals surface area contributed by atoms with Crippen LogP contribution >= 0.6 is 0 Å². The molecule has 1 heterocycles. The molecule has 11 heavy (non-hydrogen) atoms. The monoisotopic (exact) mass is 157 g/mol. The smallest absolute Gasteiger partial charge is 0.225 e. The van der Waals surface area contributed by atoms with Crippen molar-refractivity contribution in [2.45, 2.75) is 19.3 Å². The largest absolute Gasteiger partial charge is 0.396 e. The lowest BCUT2D eigenvalue weighted by molar-refractivity contribution is -0.130.